The molecule has 2 aromatic heterocycles. The van der Waals surface area contributed by atoms with Gasteiger partial charge in [-0.2, -0.15) is 5.10 Å². The number of carbonyl (C=O) groups is 1. The maximum absolute atomic E-state index is 12.5. The van der Waals surface area contributed by atoms with Gasteiger partial charge in [-0.05, 0) is 46.2 Å². The van der Waals surface area contributed by atoms with E-state index in [4.69, 9.17) is 0 Å². The second-order valence-corrected chi connectivity index (χ2v) is 6.23. The third-order valence-electron chi connectivity index (χ3n) is 4.13. The summed E-state index contributed by atoms with van der Waals surface area (Å²) in [7, 11) is 0. The van der Waals surface area contributed by atoms with Gasteiger partial charge in [0.2, 0.25) is 0 Å². The maximum atomic E-state index is 12.5. The standard InChI is InChI=1S/C16H23N5O/c1-10(2)21-15-12(8-18-21)7-14(11(3)19-15)16(22)20-13-5-4-6-17-9-13/h7-8,10,13,17H,4-6,9H2,1-3H3,(H,20,22). The highest BCUT2D eigenvalue weighted by molar-refractivity contribution is 5.98. The molecule has 0 aromatic carbocycles. The van der Waals surface area contributed by atoms with Crippen LogP contribution in [0.2, 0.25) is 0 Å². The molecule has 1 fully saturated rings. The van der Waals surface area contributed by atoms with Crippen LogP contribution >= 0.6 is 0 Å². The van der Waals surface area contributed by atoms with Gasteiger partial charge in [0.25, 0.3) is 5.91 Å². The van der Waals surface area contributed by atoms with Crippen molar-refractivity contribution in [3.63, 3.8) is 0 Å². The Morgan fingerprint density at radius 1 is 1.50 bits per heavy atom. The quantitative estimate of drug-likeness (QED) is 0.907. The highest BCUT2D eigenvalue weighted by Gasteiger charge is 2.19. The molecule has 6 heteroatoms. The molecule has 0 saturated carbocycles. The van der Waals surface area contributed by atoms with Gasteiger partial charge in [-0.25, -0.2) is 9.67 Å². The number of carbonyl (C=O) groups excluding carboxylic acids is 1. The summed E-state index contributed by atoms with van der Waals surface area (Å²) in [6, 6.07) is 2.35. The number of aryl methyl sites for hydroxylation is 1. The molecular formula is C16H23N5O. The third kappa shape index (κ3) is 2.83. The Morgan fingerprint density at radius 3 is 3.00 bits per heavy atom. The van der Waals surface area contributed by atoms with E-state index >= 15 is 0 Å². The molecule has 3 rings (SSSR count). The molecule has 22 heavy (non-hydrogen) atoms. The molecule has 1 aliphatic rings. The van der Waals surface area contributed by atoms with Crippen molar-refractivity contribution in [2.75, 3.05) is 13.1 Å². The third-order valence-corrected chi connectivity index (χ3v) is 4.13. The first-order valence-corrected chi connectivity index (χ1v) is 7.92. The van der Waals surface area contributed by atoms with Crippen molar-refractivity contribution in [2.24, 2.45) is 0 Å². The number of piperidine rings is 1. The minimum Gasteiger partial charge on any atom is -0.348 e. The van der Waals surface area contributed by atoms with Gasteiger partial charge in [-0.3, -0.25) is 4.79 Å². The summed E-state index contributed by atoms with van der Waals surface area (Å²) in [6.45, 7) is 7.89. The van der Waals surface area contributed by atoms with Crippen molar-refractivity contribution >= 4 is 16.9 Å². The lowest BCUT2D eigenvalue weighted by Gasteiger charge is -2.24. The molecule has 0 radical (unpaired) electrons. The summed E-state index contributed by atoms with van der Waals surface area (Å²) >= 11 is 0. The predicted octanol–water partition coefficient (Wildman–Crippen LogP) is 1.80. The lowest BCUT2D eigenvalue weighted by molar-refractivity contribution is 0.0930. The minimum atomic E-state index is -0.0436. The number of hydrogen-bond acceptors (Lipinski definition) is 4. The summed E-state index contributed by atoms with van der Waals surface area (Å²) in [5, 5.41) is 11.7. The molecule has 6 nitrogen and oxygen atoms in total. The molecule has 2 aromatic rings. The van der Waals surface area contributed by atoms with Crippen molar-refractivity contribution in [1.29, 1.82) is 0 Å². The van der Waals surface area contributed by atoms with Crippen LogP contribution in [-0.4, -0.2) is 39.8 Å². The van der Waals surface area contributed by atoms with E-state index in [9.17, 15) is 4.79 Å². The second kappa shape index (κ2) is 6.04. The number of hydrogen-bond donors (Lipinski definition) is 2. The molecule has 2 N–H and O–H groups in total. The average Bonchev–Trinajstić information content (AvgIpc) is 2.90. The Labute approximate surface area is 130 Å². The number of nitrogens with zero attached hydrogens (tertiary/aromatic N) is 3. The summed E-state index contributed by atoms with van der Waals surface area (Å²) in [6.07, 6.45) is 3.90. The average molecular weight is 301 g/mol. The number of amides is 1. The van der Waals surface area contributed by atoms with Crippen molar-refractivity contribution in [1.82, 2.24) is 25.4 Å². The molecule has 1 unspecified atom stereocenters. The second-order valence-electron chi connectivity index (χ2n) is 6.23. The monoisotopic (exact) mass is 301 g/mol. The van der Waals surface area contributed by atoms with E-state index in [0.29, 0.717) is 5.56 Å². The maximum Gasteiger partial charge on any atom is 0.253 e. The van der Waals surface area contributed by atoms with Crippen LogP contribution in [0.4, 0.5) is 0 Å². The van der Waals surface area contributed by atoms with E-state index in [2.05, 4.69) is 34.6 Å². The Balaban J connectivity index is 1.87. The van der Waals surface area contributed by atoms with Crippen LogP contribution < -0.4 is 10.6 Å². The van der Waals surface area contributed by atoms with Gasteiger partial charge in [0, 0.05) is 24.0 Å². The van der Waals surface area contributed by atoms with Crippen LogP contribution in [0.3, 0.4) is 0 Å². The fraction of sp³-hybridized carbons (Fsp3) is 0.562. The van der Waals surface area contributed by atoms with Gasteiger partial charge in [-0.15, -0.1) is 0 Å². The molecule has 1 atom stereocenters. The zero-order valence-electron chi connectivity index (χ0n) is 13.4. The van der Waals surface area contributed by atoms with Gasteiger partial charge in [0.05, 0.1) is 17.5 Å². The SMILES string of the molecule is Cc1nc2c(cnn2C(C)C)cc1C(=O)NC1CCCNC1. The molecule has 0 bridgehead atoms. The van der Waals surface area contributed by atoms with E-state index in [0.717, 1.165) is 42.7 Å². The van der Waals surface area contributed by atoms with E-state index in [1.54, 1.807) is 6.20 Å². The first-order chi connectivity index (χ1) is 10.6. The smallest absolute Gasteiger partial charge is 0.253 e. The molecule has 1 amide bonds. The van der Waals surface area contributed by atoms with E-state index in [-0.39, 0.29) is 18.0 Å². The summed E-state index contributed by atoms with van der Waals surface area (Å²) in [5.41, 5.74) is 2.22. The van der Waals surface area contributed by atoms with Crippen molar-refractivity contribution in [3.8, 4) is 0 Å². The number of fused-ring (bicyclic) bond motifs is 1. The molecule has 0 aliphatic carbocycles. The van der Waals surface area contributed by atoms with Crippen molar-refractivity contribution < 1.29 is 4.79 Å². The summed E-state index contributed by atoms with van der Waals surface area (Å²) in [4.78, 5) is 17.1. The number of rotatable bonds is 3. The van der Waals surface area contributed by atoms with Gasteiger partial charge < -0.3 is 10.6 Å². The minimum absolute atomic E-state index is 0.0436. The molecular weight excluding hydrogens is 278 g/mol. The van der Waals surface area contributed by atoms with Crippen molar-refractivity contribution in [2.45, 2.75) is 45.7 Å². The highest BCUT2D eigenvalue weighted by atomic mass is 16.1. The Bertz CT molecular complexity index is 685. The molecule has 1 aliphatic heterocycles. The Morgan fingerprint density at radius 2 is 2.32 bits per heavy atom. The van der Waals surface area contributed by atoms with E-state index < -0.39 is 0 Å². The highest BCUT2D eigenvalue weighted by Crippen LogP contribution is 2.19. The Kier molecular flexibility index (Phi) is 4.11. The Hall–Kier alpha value is -1.95. The van der Waals surface area contributed by atoms with Gasteiger partial charge >= 0.3 is 0 Å². The molecule has 1 saturated heterocycles. The first kappa shape index (κ1) is 15.0. The molecule has 118 valence electrons. The summed E-state index contributed by atoms with van der Waals surface area (Å²) in [5.74, 6) is -0.0436. The topological polar surface area (TPSA) is 71.8 Å². The first-order valence-electron chi connectivity index (χ1n) is 7.92. The van der Waals surface area contributed by atoms with Gasteiger partial charge in [0.1, 0.15) is 0 Å². The lowest BCUT2D eigenvalue weighted by atomic mass is 10.1. The molecule has 3 heterocycles. The number of nitrogens with one attached hydrogen (secondary N) is 2. The van der Waals surface area contributed by atoms with Crippen LogP contribution in [0, 0.1) is 6.92 Å². The van der Waals surface area contributed by atoms with Gasteiger partial charge in [-0.1, -0.05) is 0 Å². The fourth-order valence-corrected chi connectivity index (χ4v) is 2.91. The largest absolute Gasteiger partial charge is 0.348 e. The zero-order chi connectivity index (χ0) is 15.7. The lowest BCUT2D eigenvalue weighted by Crippen LogP contribution is -2.45. The predicted molar refractivity (Wildman–Crippen MR) is 86.0 cm³/mol. The van der Waals surface area contributed by atoms with Crippen LogP contribution in [0.15, 0.2) is 12.3 Å². The summed E-state index contributed by atoms with van der Waals surface area (Å²) < 4.78 is 1.88. The zero-order valence-corrected chi connectivity index (χ0v) is 13.4. The van der Waals surface area contributed by atoms with Crippen LogP contribution in [0.5, 0.6) is 0 Å². The van der Waals surface area contributed by atoms with Crippen molar-refractivity contribution in [3.05, 3.63) is 23.5 Å². The fourth-order valence-electron chi connectivity index (χ4n) is 2.91. The van der Waals surface area contributed by atoms with E-state index in [1.807, 2.05) is 17.7 Å². The van der Waals surface area contributed by atoms with Gasteiger partial charge in [0.15, 0.2) is 5.65 Å². The molecule has 0 spiro atoms. The van der Waals surface area contributed by atoms with Crippen LogP contribution in [-0.2, 0) is 0 Å². The number of aromatic nitrogens is 3. The van der Waals surface area contributed by atoms with Crippen LogP contribution in [0.25, 0.3) is 11.0 Å². The van der Waals surface area contributed by atoms with Crippen LogP contribution in [0.1, 0.15) is 48.8 Å². The normalized spacial score (nSPS) is 18.8. The van der Waals surface area contributed by atoms with E-state index in [1.165, 1.54) is 0 Å². The number of pyridine rings is 1.